The zero-order valence-corrected chi connectivity index (χ0v) is 22.1. The van der Waals surface area contributed by atoms with Crippen LogP contribution >= 0.6 is 11.6 Å². The van der Waals surface area contributed by atoms with Gasteiger partial charge in [0, 0.05) is 54.9 Å². The molecule has 1 aromatic carbocycles. The van der Waals surface area contributed by atoms with Crippen LogP contribution in [-0.4, -0.2) is 49.1 Å². The molecule has 8 nitrogen and oxygen atoms in total. The third-order valence-electron chi connectivity index (χ3n) is 7.09. The van der Waals surface area contributed by atoms with E-state index < -0.39 is 33.1 Å². The second kappa shape index (κ2) is 9.19. The number of carbonyl (C=O) groups excluding carboxylic acids is 1. The molecule has 38 heavy (non-hydrogen) atoms. The molecule has 1 amide bonds. The summed E-state index contributed by atoms with van der Waals surface area (Å²) in [7, 11) is -1.90. The average Bonchev–Trinajstić information content (AvgIpc) is 3.12. The maximum absolute atomic E-state index is 15.1. The van der Waals surface area contributed by atoms with Crippen LogP contribution in [-0.2, 0) is 17.1 Å². The molecule has 0 atom stereocenters. The molecule has 0 unspecified atom stereocenters. The number of carbonyl (C=O) groups is 1. The molecule has 5 rings (SSSR count). The second-order valence-electron chi connectivity index (χ2n) is 9.95. The highest BCUT2D eigenvalue weighted by Gasteiger charge is 2.70. The molecule has 3 heterocycles. The Morgan fingerprint density at radius 2 is 1.76 bits per heavy atom. The number of nitrogens with zero attached hydrogens (tertiary/aromatic N) is 3. The molecule has 2 aromatic heterocycles. The lowest BCUT2D eigenvalue weighted by Crippen LogP contribution is -2.36. The van der Waals surface area contributed by atoms with Gasteiger partial charge in [0.05, 0.1) is 35.1 Å². The number of alkyl halides is 2. The molecule has 13 heteroatoms. The van der Waals surface area contributed by atoms with Crippen LogP contribution in [0.2, 0.25) is 5.02 Å². The van der Waals surface area contributed by atoms with Gasteiger partial charge in [0.1, 0.15) is 5.69 Å². The number of piperidine rings is 1. The molecule has 1 aliphatic carbocycles. The van der Waals surface area contributed by atoms with Crippen molar-refractivity contribution >= 4 is 44.6 Å². The Labute approximate surface area is 222 Å². The standard InChI is InChI=1S/C25H25ClF3N5O3S/c1-33-13-15(23(35)31-17-8-16(26)9-18(10-17)32-38(2,36)37)7-21(33)22-20(27)11-19(12-30-22)34-5-3-24(4-6-34)14-25(24,28)29/h7-13,32H,3-6,14H2,1-2H3,(H,31,35). The number of nitrogens with one attached hydrogen (secondary N) is 2. The molecular weight excluding hydrogens is 543 g/mol. The van der Waals surface area contributed by atoms with E-state index in [4.69, 9.17) is 11.6 Å². The second-order valence-corrected chi connectivity index (χ2v) is 12.1. The molecule has 1 saturated heterocycles. The Morgan fingerprint density at radius 3 is 2.37 bits per heavy atom. The van der Waals surface area contributed by atoms with E-state index in [-0.39, 0.29) is 34.1 Å². The first-order chi connectivity index (χ1) is 17.8. The Balaban J connectivity index is 1.31. The molecule has 2 aliphatic rings. The van der Waals surface area contributed by atoms with Crippen LogP contribution < -0.4 is 14.9 Å². The summed E-state index contributed by atoms with van der Waals surface area (Å²) in [5.41, 5.74) is 0.700. The number of aryl methyl sites for hydroxylation is 1. The Bertz CT molecular complexity index is 1530. The lowest BCUT2D eigenvalue weighted by atomic mass is 9.92. The predicted molar refractivity (Wildman–Crippen MR) is 140 cm³/mol. The first-order valence-electron chi connectivity index (χ1n) is 11.8. The third kappa shape index (κ3) is 5.19. The van der Waals surface area contributed by atoms with Gasteiger partial charge in [0.2, 0.25) is 10.0 Å². The zero-order chi connectivity index (χ0) is 27.5. The number of hydrogen-bond acceptors (Lipinski definition) is 5. The summed E-state index contributed by atoms with van der Waals surface area (Å²) < 4.78 is 69.4. The Kier molecular flexibility index (Phi) is 6.38. The van der Waals surface area contributed by atoms with Crippen molar-refractivity contribution in [2.24, 2.45) is 12.5 Å². The van der Waals surface area contributed by atoms with Crippen molar-refractivity contribution in [3.8, 4) is 11.4 Å². The topological polar surface area (TPSA) is 96.3 Å². The number of hydrogen-bond donors (Lipinski definition) is 2. The van der Waals surface area contributed by atoms with Crippen LogP contribution in [0.15, 0.2) is 42.7 Å². The molecule has 1 spiro atoms. The van der Waals surface area contributed by atoms with E-state index in [0.29, 0.717) is 37.3 Å². The van der Waals surface area contributed by atoms with Crippen LogP contribution in [0.25, 0.3) is 11.4 Å². The summed E-state index contributed by atoms with van der Waals surface area (Å²) in [4.78, 5) is 19.0. The fraction of sp³-hybridized carbons (Fsp3) is 0.360. The van der Waals surface area contributed by atoms with Crippen LogP contribution in [0.3, 0.4) is 0 Å². The van der Waals surface area contributed by atoms with Crippen molar-refractivity contribution in [2.45, 2.75) is 25.2 Å². The minimum atomic E-state index is -3.55. The van der Waals surface area contributed by atoms with Crippen molar-refractivity contribution in [3.63, 3.8) is 0 Å². The van der Waals surface area contributed by atoms with E-state index in [0.717, 1.165) is 6.26 Å². The van der Waals surface area contributed by atoms with Crippen LogP contribution in [0.5, 0.6) is 0 Å². The quantitative estimate of drug-likeness (QED) is 0.430. The molecule has 1 aliphatic heterocycles. The maximum atomic E-state index is 15.1. The summed E-state index contributed by atoms with van der Waals surface area (Å²) in [6, 6.07) is 7.10. The summed E-state index contributed by atoms with van der Waals surface area (Å²) in [6.45, 7) is 0.824. The van der Waals surface area contributed by atoms with Gasteiger partial charge in [-0.1, -0.05) is 11.6 Å². The van der Waals surface area contributed by atoms with Gasteiger partial charge in [0.15, 0.2) is 5.82 Å². The lowest BCUT2D eigenvalue weighted by Gasteiger charge is -2.33. The fourth-order valence-corrected chi connectivity index (χ4v) is 5.75. The Hall–Kier alpha value is -3.25. The van der Waals surface area contributed by atoms with Gasteiger partial charge in [-0.05, 0) is 37.1 Å². The third-order valence-corrected chi connectivity index (χ3v) is 7.92. The van der Waals surface area contributed by atoms with E-state index in [2.05, 4.69) is 15.0 Å². The smallest absolute Gasteiger partial charge is 0.257 e. The number of benzene rings is 1. The van der Waals surface area contributed by atoms with Crippen LogP contribution in [0.1, 0.15) is 29.6 Å². The van der Waals surface area contributed by atoms with Crippen molar-refractivity contribution in [2.75, 3.05) is 34.3 Å². The van der Waals surface area contributed by atoms with Crippen molar-refractivity contribution in [1.82, 2.24) is 9.55 Å². The molecule has 3 aromatic rings. The average molecular weight is 568 g/mol. The lowest BCUT2D eigenvalue weighted by molar-refractivity contribution is 0.0537. The first kappa shape index (κ1) is 26.4. The zero-order valence-electron chi connectivity index (χ0n) is 20.6. The van der Waals surface area contributed by atoms with E-state index in [1.807, 2.05) is 4.90 Å². The molecule has 0 radical (unpaired) electrons. The minimum absolute atomic E-state index is 0.0416. The molecule has 0 bridgehead atoms. The summed E-state index contributed by atoms with van der Waals surface area (Å²) in [5, 5.41) is 2.87. The number of pyridine rings is 1. The van der Waals surface area contributed by atoms with Gasteiger partial charge in [-0.2, -0.15) is 0 Å². The van der Waals surface area contributed by atoms with E-state index in [1.54, 1.807) is 11.6 Å². The van der Waals surface area contributed by atoms with Gasteiger partial charge in [0.25, 0.3) is 11.8 Å². The molecule has 202 valence electrons. The van der Waals surface area contributed by atoms with Crippen LogP contribution in [0.4, 0.5) is 30.2 Å². The molecular formula is C25H25ClF3N5O3S. The number of halogens is 4. The van der Waals surface area contributed by atoms with E-state index in [1.165, 1.54) is 42.7 Å². The number of anilines is 3. The Morgan fingerprint density at radius 1 is 1.11 bits per heavy atom. The highest BCUT2D eigenvalue weighted by Crippen LogP contribution is 2.65. The summed E-state index contributed by atoms with van der Waals surface area (Å²) >= 11 is 6.06. The van der Waals surface area contributed by atoms with E-state index >= 15 is 4.39 Å². The normalized spacial score (nSPS) is 17.9. The number of amides is 1. The first-order valence-corrected chi connectivity index (χ1v) is 14.1. The molecule has 2 fully saturated rings. The van der Waals surface area contributed by atoms with Gasteiger partial charge in [-0.3, -0.25) is 9.52 Å². The van der Waals surface area contributed by atoms with Crippen molar-refractivity contribution in [1.29, 1.82) is 0 Å². The monoisotopic (exact) mass is 567 g/mol. The number of sulfonamides is 1. The maximum Gasteiger partial charge on any atom is 0.257 e. The molecule has 2 N–H and O–H groups in total. The SMILES string of the molecule is Cn1cc(C(=O)Nc2cc(Cl)cc(NS(C)(=O)=O)c2)cc1-c1ncc(N2CCC3(CC2)CC3(F)F)cc1F. The number of aromatic nitrogens is 2. The van der Waals surface area contributed by atoms with Crippen molar-refractivity contribution < 1.29 is 26.4 Å². The fourth-order valence-electron chi connectivity index (χ4n) is 4.97. The predicted octanol–water partition coefficient (Wildman–Crippen LogP) is 5.13. The largest absolute Gasteiger partial charge is 0.370 e. The highest BCUT2D eigenvalue weighted by atomic mass is 35.5. The summed E-state index contributed by atoms with van der Waals surface area (Å²) in [6.07, 6.45) is 4.67. The van der Waals surface area contributed by atoms with Crippen molar-refractivity contribution in [3.05, 3.63) is 59.1 Å². The van der Waals surface area contributed by atoms with Gasteiger partial charge in [-0.25, -0.2) is 26.6 Å². The molecule has 1 saturated carbocycles. The van der Waals surface area contributed by atoms with Gasteiger partial charge >= 0.3 is 0 Å². The van der Waals surface area contributed by atoms with Gasteiger partial charge in [-0.15, -0.1) is 0 Å². The summed E-state index contributed by atoms with van der Waals surface area (Å²) in [5.74, 6) is -3.71. The van der Waals surface area contributed by atoms with Gasteiger partial charge < -0.3 is 14.8 Å². The highest BCUT2D eigenvalue weighted by molar-refractivity contribution is 7.92. The van der Waals surface area contributed by atoms with E-state index in [9.17, 15) is 22.0 Å². The van der Waals surface area contributed by atoms with Crippen LogP contribution in [0, 0.1) is 11.2 Å². The number of rotatable bonds is 6. The minimum Gasteiger partial charge on any atom is -0.370 e.